The second-order valence-corrected chi connectivity index (χ2v) is 2.11. The number of nitrogens with zero attached hydrogens (tertiary/aromatic N) is 2. The van der Waals surface area contributed by atoms with Gasteiger partial charge in [-0.15, -0.1) is 0 Å². The van der Waals surface area contributed by atoms with Crippen LogP contribution in [0.15, 0.2) is 18.2 Å². The zero-order valence-corrected chi connectivity index (χ0v) is 6.02. The summed E-state index contributed by atoms with van der Waals surface area (Å²) in [5.41, 5.74) is 5.62. The van der Waals surface area contributed by atoms with E-state index >= 15 is 0 Å². The molecular weight excluding hydrogens is 158 g/mol. The van der Waals surface area contributed by atoms with Gasteiger partial charge in [-0.25, -0.2) is 4.85 Å². The minimum atomic E-state index is -0.561. The Balaban J connectivity index is 3.25. The van der Waals surface area contributed by atoms with E-state index in [0.29, 0.717) is 0 Å². The highest BCUT2D eigenvalue weighted by molar-refractivity contribution is 5.70. The van der Waals surface area contributed by atoms with E-state index in [9.17, 15) is 10.1 Å². The van der Waals surface area contributed by atoms with Crippen molar-refractivity contribution < 1.29 is 4.92 Å². The number of benzene rings is 1. The second-order valence-electron chi connectivity index (χ2n) is 2.11. The predicted molar refractivity (Wildman–Crippen MR) is 43.8 cm³/mol. The number of rotatable bonds is 1. The average Bonchev–Trinajstić information content (AvgIpc) is 2.05. The molecule has 0 saturated carbocycles. The Kier molecular flexibility index (Phi) is 1.92. The lowest BCUT2D eigenvalue weighted by atomic mass is 10.2. The molecule has 12 heavy (non-hydrogen) atoms. The monoisotopic (exact) mass is 163 g/mol. The SMILES string of the molecule is [C-]#[N+]c1cc([N+](=O)[O-])ccc1N. The number of hydrogen-bond acceptors (Lipinski definition) is 3. The Hall–Kier alpha value is -2.09. The number of hydrogen-bond donors (Lipinski definition) is 1. The third-order valence-electron chi connectivity index (χ3n) is 1.35. The van der Waals surface area contributed by atoms with Crippen LogP contribution in [0.2, 0.25) is 0 Å². The standard InChI is InChI=1S/C7H5N3O2/c1-9-7-4-5(10(11)12)2-3-6(7)8/h2-4H,8H2. The first-order valence-corrected chi connectivity index (χ1v) is 3.06. The van der Waals surface area contributed by atoms with Crippen molar-refractivity contribution in [1.82, 2.24) is 0 Å². The molecule has 0 aliphatic rings. The van der Waals surface area contributed by atoms with Crippen LogP contribution in [0.25, 0.3) is 4.85 Å². The molecular formula is C7H5N3O2. The third kappa shape index (κ3) is 1.32. The number of nitrogen functional groups attached to an aromatic ring is 1. The Labute approximate surface area is 68.4 Å². The van der Waals surface area contributed by atoms with Crippen molar-refractivity contribution in [3.05, 3.63) is 39.7 Å². The Morgan fingerprint density at radius 2 is 2.25 bits per heavy atom. The summed E-state index contributed by atoms with van der Waals surface area (Å²) in [4.78, 5) is 12.7. The van der Waals surface area contributed by atoms with Crippen LogP contribution in [0.4, 0.5) is 17.1 Å². The molecule has 5 heteroatoms. The largest absolute Gasteiger partial charge is 0.407 e. The maximum absolute atomic E-state index is 10.2. The first-order chi connectivity index (χ1) is 5.65. The third-order valence-corrected chi connectivity index (χ3v) is 1.35. The van der Waals surface area contributed by atoms with Crippen LogP contribution in [-0.2, 0) is 0 Å². The number of nitro groups is 1. The van der Waals surface area contributed by atoms with Gasteiger partial charge < -0.3 is 5.73 Å². The Morgan fingerprint density at radius 1 is 1.58 bits per heavy atom. The highest BCUT2D eigenvalue weighted by Gasteiger charge is 2.07. The lowest BCUT2D eigenvalue weighted by molar-refractivity contribution is -0.384. The van der Waals surface area contributed by atoms with Crippen LogP contribution in [0.1, 0.15) is 0 Å². The summed E-state index contributed by atoms with van der Waals surface area (Å²) in [5.74, 6) is 0. The number of non-ortho nitro benzene ring substituents is 1. The van der Waals surface area contributed by atoms with Gasteiger partial charge >= 0.3 is 0 Å². The smallest absolute Gasteiger partial charge is 0.259 e. The quantitative estimate of drug-likeness (QED) is 0.296. The number of nitro benzene ring substituents is 1. The molecule has 1 rings (SSSR count). The fourth-order valence-corrected chi connectivity index (χ4v) is 0.742. The van der Waals surface area contributed by atoms with E-state index in [1.54, 1.807) is 0 Å². The fourth-order valence-electron chi connectivity index (χ4n) is 0.742. The fraction of sp³-hybridized carbons (Fsp3) is 0. The molecule has 0 radical (unpaired) electrons. The molecule has 0 aliphatic carbocycles. The van der Waals surface area contributed by atoms with Crippen molar-refractivity contribution in [3.63, 3.8) is 0 Å². The topological polar surface area (TPSA) is 73.5 Å². The maximum atomic E-state index is 10.2. The van der Waals surface area contributed by atoms with Gasteiger partial charge in [0.05, 0.1) is 11.5 Å². The summed E-state index contributed by atoms with van der Waals surface area (Å²) in [7, 11) is 0. The minimum Gasteiger partial charge on any atom is -0.407 e. The normalized spacial score (nSPS) is 8.92. The molecule has 0 atom stereocenters. The molecule has 0 saturated heterocycles. The second kappa shape index (κ2) is 2.88. The van der Waals surface area contributed by atoms with E-state index in [1.807, 2.05) is 0 Å². The van der Waals surface area contributed by atoms with Crippen molar-refractivity contribution in [2.75, 3.05) is 5.73 Å². The van der Waals surface area contributed by atoms with Crippen molar-refractivity contribution in [2.45, 2.75) is 0 Å². The lowest BCUT2D eigenvalue weighted by Gasteiger charge is -1.95. The van der Waals surface area contributed by atoms with E-state index in [-0.39, 0.29) is 17.1 Å². The van der Waals surface area contributed by atoms with Gasteiger partial charge in [-0.2, -0.15) is 0 Å². The zero-order valence-electron chi connectivity index (χ0n) is 6.02. The van der Waals surface area contributed by atoms with Crippen molar-refractivity contribution in [3.8, 4) is 0 Å². The van der Waals surface area contributed by atoms with E-state index in [4.69, 9.17) is 12.3 Å². The summed E-state index contributed by atoms with van der Waals surface area (Å²) in [6.45, 7) is 6.64. The van der Waals surface area contributed by atoms with Crippen LogP contribution in [0.5, 0.6) is 0 Å². The van der Waals surface area contributed by atoms with Gasteiger partial charge in [0.15, 0.2) is 0 Å². The van der Waals surface area contributed by atoms with Crippen molar-refractivity contribution in [2.24, 2.45) is 0 Å². The molecule has 0 fully saturated rings. The zero-order chi connectivity index (χ0) is 9.14. The highest BCUT2D eigenvalue weighted by Crippen LogP contribution is 2.26. The van der Waals surface area contributed by atoms with Gasteiger partial charge in [-0.3, -0.25) is 10.1 Å². The summed E-state index contributed by atoms with van der Waals surface area (Å²) in [6.07, 6.45) is 0. The molecule has 1 aromatic rings. The molecule has 1 aromatic carbocycles. The summed E-state index contributed by atoms with van der Waals surface area (Å²) >= 11 is 0. The molecule has 0 aromatic heterocycles. The van der Waals surface area contributed by atoms with Gasteiger partial charge in [-0.1, -0.05) is 0 Å². The van der Waals surface area contributed by atoms with Crippen LogP contribution in [0.3, 0.4) is 0 Å². The van der Waals surface area contributed by atoms with Crippen LogP contribution >= 0.6 is 0 Å². The molecule has 2 N–H and O–H groups in total. The summed E-state index contributed by atoms with van der Waals surface area (Å²) in [6, 6.07) is 3.78. The summed E-state index contributed by atoms with van der Waals surface area (Å²) < 4.78 is 0. The first kappa shape index (κ1) is 8.01. The molecule has 5 nitrogen and oxygen atoms in total. The van der Waals surface area contributed by atoms with E-state index in [2.05, 4.69) is 4.85 Å². The van der Waals surface area contributed by atoms with Gasteiger partial charge in [0, 0.05) is 17.8 Å². The molecule has 0 heterocycles. The van der Waals surface area contributed by atoms with Crippen LogP contribution < -0.4 is 5.73 Å². The van der Waals surface area contributed by atoms with Gasteiger partial charge in [-0.05, 0) is 6.07 Å². The van der Waals surface area contributed by atoms with Gasteiger partial charge in [0.2, 0.25) is 5.69 Å². The molecule has 60 valence electrons. The Bertz CT molecular complexity index is 367. The van der Waals surface area contributed by atoms with Crippen LogP contribution in [0, 0.1) is 16.7 Å². The Morgan fingerprint density at radius 3 is 2.75 bits per heavy atom. The maximum Gasteiger partial charge on any atom is 0.259 e. The number of nitrogens with two attached hydrogens (primary N) is 1. The lowest BCUT2D eigenvalue weighted by Crippen LogP contribution is -1.89. The van der Waals surface area contributed by atoms with Gasteiger partial charge in [0.1, 0.15) is 0 Å². The first-order valence-electron chi connectivity index (χ1n) is 3.06. The number of anilines is 1. The minimum absolute atomic E-state index is 0.115. The van der Waals surface area contributed by atoms with E-state index in [0.717, 1.165) is 6.07 Å². The van der Waals surface area contributed by atoms with Crippen molar-refractivity contribution >= 4 is 17.1 Å². The highest BCUT2D eigenvalue weighted by atomic mass is 16.6. The molecule has 0 unspecified atom stereocenters. The van der Waals surface area contributed by atoms with E-state index < -0.39 is 4.92 Å². The predicted octanol–water partition coefficient (Wildman–Crippen LogP) is 1.73. The van der Waals surface area contributed by atoms with Gasteiger partial charge in [0.25, 0.3) is 5.69 Å². The molecule has 0 aliphatic heterocycles. The molecule has 0 amide bonds. The van der Waals surface area contributed by atoms with Crippen molar-refractivity contribution in [1.29, 1.82) is 0 Å². The van der Waals surface area contributed by atoms with Crippen LogP contribution in [-0.4, -0.2) is 4.92 Å². The van der Waals surface area contributed by atoms with E-state index in [1.165, 1.54) is 12.1 Å². The summed E-state index contributed by atoms with van der Waals surface area (Å²) in [5, 5.41) is 10.2. The average molecular weight is 163 g/mol. The molecule has 0 spiro atoms. The molecule has 0 bridgehead atoms.